The summed E-state index contributed by atoms with van der Waals surface area (Å²) in [6.45, 7) is 1.57. The molecule has 0 aliphatic rings. The van der Waals surface area contributed by atoms with Gasteiger partial charge in [-0.3, -0.25) is 10.1 Å². The Bertz CT molecular complexity index is 396. The third kappa shape index (κ3) is 2.96. The minimum atomic E-state index is -2.59. The van der Waals surface area contributed by atoms with Gasteiger partial charge >= 0.3 is 0 Å². The summed E-state index contributed by atoms with van der Waals surface area (Å²) in [4.78, 5) is 10.0. The fourth-order valence-electron chi connectivity index (χ4n) is 1.41. The van der Waals surface area contributed by atoms with Gasteiger partial charge in [-0.05, 0) is 25.0 Å². The number of nitrogens with zero attached hydrogens (tertiary/aromatic N) is 1. The third-order valence-corrected chi connectivity index (χ3v) is 2.25. The number of nitrogens with two attached hydrogens (primary N) is 1. The Morgan fingerprint density at radius 1 is 1.50 bits per heavy atom. The summed E-state index contributed by atoms with van der Waals surface area (Å²) in [7, 11) is 0. The Labute approximate surface area is 91.2 Å². The smallest absolute Gasteiger partial charge is 0.272 e. The molecule has 88 valence electrons. The number of nitro groups is 1. The molecule has 0 spiro atoms. The zero-order valence-electron chi connectivity index (χ0n) is 8.69. The molecule has 16 heavy (non-hydrogen) atoms. The second-order valence-electron chi connectivity index (χ2n) is 3.58. The number of hydrogen-bond acceptors (Lipinski definition) is 3. The fraction of sp³-hybridized carbons (Fsp3) is 0.400. The molecule has 0 aromatic heterocycles. The molecule has 6 heteroatoms. The van der Waals surface area contributed by atoms with Crippen molar-refractivity contribution < 1.29 is 13.7 Å². The van der Waals surface area contributed by atoms with E-state index in [-0.39, 0.29) is 12.1 Å². The van der Waals surface area contributed by atoms with E-state index in [1.165, 1.54) is 18.2 Å². The van der Waals surface area contributed by atoms with E-state index >= 15 is 0 Å². The van der Waals surface area contributed by atoms with Crippen molar-refractivity contribution in [3.8, 4) is 0 Å². The van der Waals surface area contributed by atoms with Crippen molar-refractivity contribution in [3.05, 3.63) is 39.4 Å². The molecular formula is C10H12F2N2O2. The van der Waals surface area contributed by atoms with Crippen molar-refractivity contribution in [3.63, 3.8) is 0 Å². The summed E-state index contributed by atoms with van der Waals surface area (Å²) >= 11 is 0. The van der Waals surface area contributed by atoms with E-state index < -0.39 is 17.4 Å². The van der Waals surface area contributed by atoms with Crippen LogP contribution in [0.25, 0.3) is 0 Å². The van der Waals surface area contributed by atoms with Gasteiger partial charge in [-0.1, -0.05) is 6.07 Å². The van der Waals surface area contributed by atoms with Crippen LogP contribution in [-0.2, 0) is 6.42 Å². The first-order valence-electron chi connectivity index (χ1n) is 4.69. The number of alkyl halides is 2. The van der Waals surface area contributed by atoms with E-state index in [4.69, 9.17) is 5.73 Å². The fourth-order valence-corrected chi connectivity index (χ4v) is 1.41. The molecule has 1 unspecified atom stereocenters. The van der Waals surface area contributed by atoms with Gasteiger partial charge in [0.1, 0.15) is 0 Å². The third-order valence-electron chi connectivity index (χ3n) is 2.25. The van der Waals surface area contributed by atoms with Crippen LogP contribution in [0, 0.1) is 17.0 Å². The van der Waals surface area contributed by atoms with E-state index in [2.05, 4.69) is 0 Å². The first-order chi connectivity index (χ1) is 7.41. The van der Waals surface area contributed by atoms with Gasteiger partial charge < -0.3 is 5.73 Å². The molecule has 4 nitrogen and oxygen atoms in total. The van der Waals surface area contributed by atoms with Gasteiger partial charge in [0.15, 0.2) is 0 Å². The molecule has 0 radical (unpaired) electrons. The van der Waals surface area contributed by atoms with Crippen LogP contribution >= 0.6 is 0 Å². The predicted molar refractivity (Wildman–Crippen MR) is 55.5 cm³/mol. The average Bonchev–Trinajstić information content (AvgIpc) is 2.16. The maximum atomic E-state index is 12.2. The van der Waals surface area contributed by atoms with Crippen LogP contribution in [0.4, 0.5) is 14.5 Å². The lowest BCUT2D eigenvalue weighted by Crippen LogP contribution is -2.30. The maximum absolute atomic E-state index is 12.2. The van der Waals surface area contributed by atoms with Crippen LogP contribution in [0.15, 0.2) is 18.2 Å². The van der Waals surface area contributed by atoms with E-state index in [1.807, 2.05) is 0 Å². The summed E-state index contributed by atoms with van der Waals surface area (Å²) in [6.07, 6.45) is -2.58. The molecule has 0 bridgehead atoms. The van der Waals surface area contributed by atoms with Crippen molar-refractivity contribution >= 4 is 5.69 Å². The Kier molecular flexibility index (Phi) is 3.89. The zero-order chi connectivity index (χ0) is 12.3. The quantitative estimate of drug-likeness (QED) is 0.635. The number of nitro benzene ring substituents is 1. The highest BCUT2D eigenvalue weighted by atomic mass is 19.3. The summed E-state index contributed by atoms with van der Waals surface area (Å²) < 4.78 is 24.4. The highest BCUT2D eigenvalue weighted by molar-refractivity contribution is 5.42. The minimum absolute atomic E-state index is 0.0104. The second kappa shape index (κ2) is 4.98. The SMILES string of the molecule is Cc1cc(CC(N)C(F)F)ccc1[N+](=O)[O-]. The highest BCUT2D eigenvalue weighted by Gasteiger charge is 2.17. The van der Waals surface area contributed by atoms with Crippen LogP contribution in [0.2, 0.25) is 0 Å². The first-order valence-corrected chi connectivity index (χ1v) is 4.69. The number of aryl methyl sites for hydroxylation is 1. The maximum Gasteiger partial charge on any atom is 0.272 e. The van der Waals surface area contributed by atoms with Crippen LogP contribution in [0.5, 0.6) is 0 Å². The molecule has 0 aliphatic carbocycles. The lowest BCUT2D eigenvalue weighted by molar-refractivity contribution is -0.385. The summed E-state index contributed by atoms with van der Waals surface area (Å²) in [5.41, 5.74) is 6.22. The Balaban J connectivity index is 2.85. The molecule has 0 saturated carbocycles. The molecule has 1 aromatic carbocycles. The van der Waals surface area contributed by atoms with Crippen molar-refractivity contribution in [2.75, 3.05) is 0 Å². The average molecular weight is 230 g/mol. The van der Waals surface area contributed by atoms with Crippen LogP contribution < -0.4 is 5.73 Å². The largest absolute Gasteiger partial charge is 0.323 e. The zero-order valence-corrected chi connectivity index (χ0v) is 8.69. The van der Waals surface area contributed by atoms with E-state index in [0.29, 0.717) is 11.1 Å². The van der Waals surface area contributed by atoms with E-state index in [0.717, 1.165) is 0 Å². The summed E-state index contributed by atoms with van der Waals surface area (Å²) in [6, 6.07) is 3.04. The van der Waals surface area contributed by atoms with E-state index in [9.17, 15) is 18.9 Å². The lowest BCUT2D eigenvalue weighted by Gasteiger charge is -2.10. The van der Waals surface area contributed by atoms with Gasteiger partial charge in [0, 0.05) is 11.6 Å². The molecule has 1 aromatic rings. The van der Waals surface area contributed by atoms with Gasteiger partial charge in [-0.15, -0.1) is 0 Å². The Morgan fingerprint density at radius 2 is 2.12 bits per heavy atom. The van der Waals surface area contributed by atoms with Gasteiger partial charge in [-0.2, -0.15) is 0 Å². The number of benzene rings is 1. The van der Waals surface area contributed by atoms with Gasteiger partial charge in [-0.25, -0.2) is 8.78 Å². The number of hydrogen-bond donors (Lipinski definition) is 1. The molecule has 1 atom stereocenters. The van der Waals surface area contributed by atoms with Crippen molar-refractivity contribution in [2.45, 2.75) is 25.8 Å². The van der Waals surface area contributed by atoms with Crippen molar-refractivity contribution in [2.24, 2.45) is 5.73 Å². The standard InChI is InChI=1S/C10H12F2N2O2/c1-6-4-7(5-8(13)10(11)12)2-3-9(6)14(15)16/h2-4,8,10H,5,13H2,1H3. The van der Waals surface area contributed by atoms with Gasteiger partial charge in [0.05, 0.1) is 11.0 Å². The summed E-state index contributed by atoms with van der Waals surface area (Å²) in [5, 5.41) is 10.5. The molecule has 0 fully saturated rings. The van der Waals surface area contributed by atoms with Gasteiger partial charge in [0.2, 0.25) is 0 Å². The Morgan fingerprint density at radius 3 is 2.56 bits per heavy atom. The molecule has 0 saturated heterocycles. The van der Waals surface area contributed by atoms with Crippen molar-refractivity contribution in [1.82, 2.24) is 0 Å². The predicted octanol–water partition coefficient (Wildman–Crippen LogP) is 2.04. The van der Waals surface area contributed by atoms with Crippen LogP contribution in [0.1, 0.15) is 11.1 Å². The Hall–Kier alpha value is -1.56. The topological polar surface area (TPSA) is 69.2 Å². The number of halogens is 2. The van der Waals surface area contributed by atoms with Crippen LogP contribution in [0.3, 0.4) is 0 Å². The molecule has 0 aliphatic heterocycles. The molecular weight excluding hydrogens is 218 g/mol. The number of rotatable bonds is 4. The molecule has 0 heterocycles. The van der Waals surface area contributed by atoms with Gasteiger partial charge in [0.25, 0.3) is 12.1 Å². The molecule has 2 N–H and O–H groups in total. The minimum Gasteiger partial charge on any atom is -0.323 e. The van der Waals surface area contributed by atoms with Crippen molar-refractivity contribution in [1.29, 1.82) is 0 Å². The summed E-state index contributed by atoms with van der Waals surface area (Å²) in [5.74, 6) is 0. The normalized spacial score (nSPS) is 12.8. The second-order valence-corrected chi connectivity index (χ2v) is 3.58. The monoisotopic (exact) mass is 230 g/mol. The first kappa shape index (κ1) is 12.5. The van der Waals surface area contributed by atoms with E-state index in [1.54, 1.807) is 6.92 Å². The lowest BCUT2D eigenvalue weighted by atomic mass is 10.0. The van der Waals surface area contributed by atoms with Crippen LogP contribution in [-0.4, -0.2) is 17.4 Å². The molecule has 1 rings (SSSR count). The molecule has 0 amide bonds. The highest BCUT2D eigenvalue weighted by Crippen LogP contribution is 2.20.